The third kappa shape index (κ3) is 3.32. The first-order valence-electron chi connectivity index (χ1n) is 7.36. The summed E-state index contributed by atoms with van der Waals surface area (Å²) >= 11 is 1.77. The summed E-state index contributed by atoms with van der Waals surface area (Å²) < 4.78 is 0. The minimum atomic E-state index is 0.436. The van der Waals surface area contributed by atoms with Crippen molar-refractivity contribution in [1.29, 1.82) is 0 Å². The Labute approximate surface area is 126 Å². The quantitative estimate of drug-likeness (QED) is 0.688. The predicted octanol–water partition coefficient (Wildman–Crippen LogP) is 2.96. The molecule has 1 unspecified atom stereocenters. The number of aryl methyl sites for hydroxylation is 2. The van der Waals surface area contributed by atoms with Gasteiger partial charge in [0.25, 0.3) is 0 Å². The zero-order chi connectivity index (χ0) is 14.8. The molecular weight excluding hydrogens is 268 g/mol. The number of hydrogen-bond donors (Lipinski definition) is 1. The molecule has 1 atom stereocenters. The molecule has 1 aliphatic heterocycles. The second-order valence-electron chi connectivity index (χ2n) is 5.99. The Hall–Kier alpha value is -1.10. The number of guanidine groups is 1. The fourth-order valence-electron chi connectivity index (χ4n) is 2.59. The molecule has 1 aliphatic rings. The van der Waals surface area contributed by atoms with Gasteiger partial charge < -0.3 is 10.2 Å². The highest BCUT2D eigenvalue weighted by atomic mass is 32.1. The van der Waals surface area contributed by atoms with Crippen molar-refractivity contribution in [2.24, 2.45) is 10.4 Å². The van der Waals surface area contributed by atoms with Gasteiger partial charge in [0.2, 0.25) is 0 Å². The molecule has 0 bridgehead atoms. The molecule has 1 fully saturated rings. The fraction of sp³-hybridized carbons (Fsp3) is 0.733. The van der Waals surface area contributed by atoms with Gasteiger partial charge in [0.05, 0.1) is 12.2 Å². The van der Waals surface area contributed by atoms with E-state index in [4.69, 9.17) is 0 Å². The number of likely N-dealkylation sites (tertiary alicyclic amines) is 1. The van der Waals surface area contributed by atoms with Gasteiger partial charge in [-0.15, -0.1) is 11.3 Å². The van der Waals surface area contributed by atoms with Crippen LogP contribution in [0.15, 0.2) is 4.99 Å². The molecule has 0 aromatic carbocycles. The lowest BCUT2D eigenvalue weighted by molar-refractivity contribution is 0.322. The molecule has 0 radical (unpaired) electrons. The van der Waals surface area contributed by atoms with E-state index in [1.54, 1.807) is 11.3 Å². The van der Waals surface area contributed by atoms with E-state index in [-0.39, 0.29) is 0 Å². The average Bonchev–Trinajstić information content (AvgIpc) is 2.96. The van der Waals surface area contributed by atoms with Crippen molar-refractivity contribution in [3.8, 4) is 0 Å². The Balaban J connectivity index is 1.94. The summed E-state index contributed by atoms with van der Waals surface area (Å²) in [6.07, 6.45) is 2.48. The minimum Gasteiger partial charge on any atom is -0.350 e. The van der Waals surface area contributed by atoms with Crippen molar-refractivity contribution in [2.45, 2.75) is 47.1 Å². The van der Waals surface area contributed by atoms with Gasteiger partial charge in [-0.05, 0) is 32.1 Å². The second kappa shape index (κ2) is 6.12. The lowest BCUT2D eigenvalue weighted by Crippen LogP contribution is -2.40. The van der Waals surface area contributed by atoms with Crippen LogP contribution in [0.1, 0.15) is 42.3 Å². The van der Waals surface area contributed by atoms with Gasteiger partial charge in [-0.25, -0.2) is 4.98 Å². The van der Waals surface area contributed by atoms with Crippen molar-refractivity contribution in [2.75, 3.05) is 20.1 Å². The fourth-order valence-corrected chi connectivity index (χ4v) is 3.47. The number of nitrogens with one attached hydrogen (secondary N) is 1. The van der Waals surface area contributed by atoms with Crippen molar-refractivity contribution in [3.05, 3.63) is 15.6 Å². The number of nitrogens with zero attached hydrogens (tertiary/aromatic N) is 3. The Morgan fingerprint density at radius 2 is 2.25 bits per heavy atom. The molecular formula is C15H26N4S. The van der Waals surface area contributed by atoms with Crippen LogP contribution in [0.25, 0.3) is 0 Å². The molecule has 1 saturated heterocycles. The summed E-state index contributed by atoms with van der Waals surface area (Å²) in [7, 11) is 1.86. The Morgan fingerprint density at radius 3 is 2.75 bits per heavy atom. The van der Waals surface area contributed by atoms with Crippen LogP contribution in [0, 0.1) is 19.3 Å². The Bertz CT molecular complexity index is 475. The van der Waals surface area contributed by atoms with Crippen molar-refractivity contribution in [3.63, 3.8) is 0 Å². The number of hydrogen-bond acceptors (Lipinski definition) is 3. The molecule has 0 spiro atoms. The normalized spacial score (nSPS) is 23.4. The molecule has 5 heteroatoms. The van der Waals surface area contributed by atoms with Gasteiger partial charge in [-0.1, -0.05) is 13.8 Å². The third-order valence-corrected chi connectivity index (χ3v) is 5.47. The van der Waals surface area contributed by atoms with Crippen molar-refractivity contribution in [1.82, 2.24) is 15.2 Å². The van der Waals surface area contributed by atoms with E-state index in [9.17, 15) is 0 Å². The van der Waals surface area contributed by atoms with Crippen molar-refractivity contribution < 1.29 is 0 Å². The minimum absolute atomic E-state index is 0.436. The van der Waals surface area contributed by atoms with E-state index in [2.05, 4.69) is 47.9 Å². The van der Waals surface area contributed by atoms with E-state index >= 15 is 0 Å². The molecule has 0 saturated carbocycles. The monoisotopic (exact) mass is 294 g/mol. The van der Waals surface area contributed by atoms with Crippen LogP contribution in [-0.2, 0) is 6.54 Å². The smallest absolute Gasteiger partial charge is 0.194 e. The van der Waals surface area contributed by atoms with Crippen LogP contribution in [0.3, 0.4) is 0 Å². The van der Waals surface area contributed by atoms with Crippen LogP contribution in [0.4, 0.5) is 0 Å². The largest absolute Gasteiger partial charge is 0.350 e. The lowest BCUT2D eigenvalue weighted by Gasteiger charge is -2.25. The van der Waals surface area contributed by atoms with E-state index in [0.29, 0.717) is 5.41 Å². The van der Waals surface area contributed by atoms with Gasteiger partial charge in [0.15, 0.2) is 5.96 Å². The van der Waals surface area contributed by atoms with Gasteiger partial charge in [0.1, 0.15) is 5.01 Å². The number of aliphatic imine (C=N–C) groups is 1. The summed E-state index contributed by atoms with van der Waals surface area (Å²) in [5.74, 6) is 1.01. The Morgan fingerprint density at radius 1 is 1.50 bits per heavy atom. The highest BCUT2D eigenvalue weighted by molar-refractivity contribution is 7.11. The number of thiazole rings is 1. The summed E-state index contributed by atoms with van der Waals surface area (Å²) in [6, 6.07) is 0. The van der Waals surface area contributed by atoms with Gasteiger partial charge in [-0.3, -0.25) is 4.99 Å². The third-order valence-electron chi connectivity index (χ3n) is 4.39. The number of aromatic nitrogens is 1. The lowest BCUT2D eigenvalue weighted by atomic mass is 9.87. The Kier molecular flexibility index (Phi) is 4.68. The molecule has 112 valence electrons. The van der Waals surface area contributed by atoms with E-state index < -0.39 is 0 Å². The molecule has 1 aromatic heterocycles. The molecule has 0 aliphatic carbocycles. The number of rotatable bonds is 3. The van der Waals surface area contributed by atoms with E-state index in [0.717, 1.165) is 36.3 Å². The topological polar surface area (TPSA) is 40.5 Å². The first-order chi connectivity index (χ1) is 9.47. The molecule has 4 nitrogen and oxygen atoms in total. The van der Waals surface area contributed by atoms with E-state index in [1.807, 2.05) is 7.05 Å². The summed E-state index contributed by atoms with van der Waals surface area (Å²) in [6.45, 7) is 11.8. The standard InChI is InChI=1S/C15H26N4S/c1-6-15(4)7-8-19(10-15)14(16-5)17-9-13-18-11(2)12(3)20-13/h6-10H2,1-5H3,(H,16,17). The second-order valence-corrected chi connectivity index (χ2v) is 7.27. The molecule has 1 aromatic rings. The summed E-state index contributed by atoms with van der Waals surface area (Å²) in [4.78, 5) is 12.7. The zero-order valence-corrected chi connectivity index (χ0v) is 14.1. The molecule has 20 heavy (non-hydrogen) atoms. The van der Waals surface area contributed by atoms with Crippen LogP contribution in [0.5, 0.6) is 0 Å². The summed E-state index contributed by atoms with van der Waals surface area (Å²) in [5, 5.41) is 4.59. The highest BCUT2D eigenvalue weighted by Gasteiger charge is 2.33. The van der Waals surface area contributed by atoms with Crippen LogP contribution >= 0.6 is 11.3 Å². The van der Waals surface area contributed by atoms with Crippen LogP contribution < -0.4 is 5.32 Å². The predicted molar refractivity (Wildman–Crippen MR) is 86.4 cm³/mol. The molecule has 0 amide bonds. The maximum Gasteiger partial charge on any atom is 0.194 e. The van der Waals surface area contributed by atoms with Gasteiger partial charge in [0, 0.05) is 25.0 Å². The van der Waals surface area contributed by atoms with Crippen LogP contribution in [0.2, 0.25) is 0 Å². The van der Waals surface area contributed by atoms with Gasteiger partial charge >= 0.3 is 0 Å². The first-order valence-corrected chi connectivity index (χ1v) is 8.17. The molecule has 2 heterocycles. The van der Waals surface area contributed by atoms with Gasteiger partial charge in [-0.2, -0.15) is 0 Å². The maximum atomic E-state index is 4.57. The maximum absolute atomic E-state index is 4.57. The van der Waals surface area contributed by atoms with Crippen LogP contribution in [-0.4, -0.2) is 36.0 Å². The summed E-state index contributed by atoms with van der Waals surface area (Å²) in [5.41, 5.74) is 1.58. The van der Waals surface area contributed by atoms with Crippen molar-refractivity contribution >= 4 is 17.3 Å². The first kappa shape index (κ1) is 15.3. The zero-order valence-electron chi connectivity index (χ0n) is 13.3. The molecule has 1 N–H and O–H groups in total. The molecule has 2 rings (SSSR count). The highest BCUT2D eigenvalue weighted by Crippen LogP contribution is 2.32. The van der Waals surface area contributed by atoms with E-state index in [1.165, 1.54) is 17.7 Å². The SMILES string of the molecule is CCC1(C)CCN(C(=NC)NCc2nc(C)c(C)s2)C1. The average molecular weight is 294 g/mol.